The standard InChI is InChI=1S/C16H13ClN4O5/c17-13-7-2-1-6-12(13)16(24)20-19-14(22)9-18-15(23)10-4-3-5-11(8-10)21(25)26/h1-8H,9H2,(H,18,23)(H,19,22)(H,20,24). The number of non-ortho nitro benzene ring substituents is 1. The quantitative estimate of drug-likeness (QED) is 0.537. The first-order chi connectivity index (χ1) is 12.4. The fraction of sp³-hybridized carbons (Fsp3) is 0.0625. The van der Waals surface area contributed by atoms with Crippen molar-refractivity contribution in [1.29, 1.82) is 0 Å². The maximum absolute atomic E-state index is 11.9. The predicted molar refractivity (Wildman–Crippen MR) is 92.5 cm³/mol. The van der Waals surface area contributed by atoms with Crippen molar-refractivity contribution in [2.24, 2.45) is 0 Å². The van der Waals surface area contributed by atoms with Crippen LogP contribution in [0.4, 0.5) is 5.69 Å². The van der Waals surface area contributed by atoms with Crippen molar-refractivity contribution in [2.75, 3.05) is 6.54 Å². The zero-order chi connectivity index (χ0) is 19.1. The molecule has 0 saturated carbocycles. The van der Waals surface area contributed by atoms with Gasteiger partial charge in [0, 0.05) is 17.7 Å². The number of hydrogen-bond donors (Lipinski definition) is 3. The van der Waals surface area contributed by atoms with Crippen LogP contribution in [0.25, 0.3) is 0 Å². The van der Waals surface area contributed by atoms with Crippen molar-refractivity contribution < 1.29 is 19.3 Å². The molecule has 0 spiro atoms. The molecule has 0 heterocycles. The molecule has 0 aliphatic heterocycles. The molecule has 2 aromatic rings. The van der Waals surface area contributed by atoms with Crippen LogP contribution in [0.2, 0.25) is 5.02 Å². The van der Waals surface area contributed by atoms with E-state index < -0.39 is 29.2 Å². The second kappa shape index (κ2) is 8.58. The topological polar surface area (TPSA) is 130 Å². The number of nitro benzene ring substituents is 1. The van der Waals surface area contributed by atoms with Gasteiger partial charge in [0.1, 0.15) is 0 Å². The third kappa shape index (κ3) is 5.02. The molecule has 0 atom stereocenters. The first-order valence-corrected chi connectivity index (χ1v) is 7.62. The molecular formula is C16H13ClN4O5. The van der Waals surface area contributed by atoms with E-state index in [1.54, 1.807) is 12.1 Å². The number of carbonyl (C=O) groups is 3. The fourth-order valence-corrected chi connectivity index (χ4v) is 2.13. The van der Waals surface area contributed by atoms with Gasteiger partial charge in [0.15, 0.2) is 0 Å². The SMILES string of the molecule is O=C(CNC(=O)c1cccc([N+](=O)[O-])c1)NNC(=O)c1ccccc1Cl. The number of benzene rings is 2. The molecular weight excluding hydrogens is 364 g/mol. The van der Waals surface area contributed by atoms with Gasteiger partial charge in [-0.25, -0.2) is 0 Å². The molecule has 2 rings (SSSR count). The van der Waals surface area contributed by atoms with Gasteiger partial charge in [-0.1, -0.05) is 29.8 Å². The van der Waals surface area contributed by atoms with Gasteiger partial charge in [-0.05, 0) is 18.2 Å². The minimum Gasteiger partial charge on any atom is -0.343 e. The van der Waals surface area contributed by atoms with Crippen LogP contribution in [-0.2, 0) is 4.79 Å². The predicted octanol–water partition coefficient (Wildman–Crippen LogP) is 1.44. The molecule has 0 aliphatic carbocycles. The van der Waals surface area contributed by atoms with E-state index in [4.69, 9.17) is 11.6 Å². The molecule has 2 aromatic carbocycles. The van der Waals surface area contributed by atoms with E-state index in [2.05, 4.69) is 16.2 Å². The summed E-state index contributed by atoms with van der Waals surface area (Å²) < 4.78 is 0. The molecule has 10 heteroatoms. The fourth-order valence-electron chi connectivity index (χ4n) is 1.91. The second-order valence-corrected chi connectivity index (χ2v) is 5.38. The summed E-state index contributed by atoms with van der Waals surface area (Å²) >= 11 is 5.86. The second-order valence-electron chi connectivity index (χ2n) is 4.97. The molecule has 26 heavy (non-hydrogen) atoms. The number of halogens is 1. The maximum Gasteiger partial charge on any atom is 0.271 e. The van der Waals surface area contributed by atoms with E-state index in [0.717, 1.165) is 6.07 Å². The van der Waals surface area contributed by atoms with Crippen LogP contribution in [-0.4, -0.2) is 29.2 Å². The Bertz CT molecular complexity index is 871. The van der Waals surface area contributed by atoms with Crippen LogP contribution < -0.4 is 16.2 Å². The molecule has 0 radical (unpaired) electrons. The van der Waals surface area contributed by atoms with Gasteiger partial charge < -0.3 is 5.32 Å². The lowest BCUT2D eigenvalue weighted by atomic mass is 10.2. The molecule has 0 fully saturated rings. The third-order valence-corrected chi connectivity index (χ3v) is 3.49. The molecule has 3 amide bonds. The van der Waals surface area contributed by atoms with Crippen LogP contribution in [0.15, 0.2) is 48.5 Å². The lowest BCUT2D eigenvalue weighted by Crippen LogP contribution is -2.46. The third-order valence-electron chi connectivity index (χ3n) is 3.16. The highest BCUT2D eigenvalue weighted by molar-refractivity contribution is 6.33. The molecule has 0 aliphatic rings. The average Bonchev–Trinajstić information content (AvgIpc) is 2.64. The summed E-state index contributed by atoms with van der Waals surface area (Å²) in [5.41, 5.74) is 4.26. The average molecular weight is 377 g/mol. The number of nitrogens with one attached hydrogen (secondary N) is 3. The molecule has 9 nitrogen and oxygen atoms in total. The lowest BCUT2D eigenvalue weighted by molar-refractivity contribution is -0.384. The van der Waals surface area contributed by atoms with E-state index >= 15 is 0 Å². The van der Waals surface area contributed by atoms with Gasteiger partial charge in [-0.3, -0.25) is 35.3 Å². The molecule has 0 saturated heterocycles. The van der Waals surface area contributed by atoms with Crippen molar-refractivity contribution in [3.05, 3.63) is 74.8 Å². The Morgan fingerprint density at radius 3 is 2.42 bits per heavy atom. The van der Waals surface area contributed by atoms with Gasteiger partial charge in [-0.2, -0.15) is 0 Å². The van der Waals surface area contributed by atoms with Gasteiger partial charge in [0.05, 0.1) is 22.1 Å². The Balaban J connectivity index is 1.84. The van der Waals surface area contributed by atoms with Crippen LogP contribution in [0.1, 0.15) is 20.7 Å². The first kappa shape index (κ1) is 18.9. The van der Waals surface area contributed by atoms with Crippen LogP contribution >= 0.6 is 11.6 Å². The summed E-state index contributed by atoms with van der Waals surface area (Å²) in [5.74, 6) is -1.97. The Kier molecular flexibility index (Phi) is 6.23. The Morgan fingerprint density at radius 1 is 1.00 bits per heavy atom. The first-order valence-electron chi connectivity index (χ1n) is 7.25. The number of hydrazine groups is 1. The van der Waals surface area contributed by atoms with E-state index in [1.807, 2.05) is 0 Å². The van der Waals surface area contributed by atoms with E-state index in [1.165, 1.54) is 30.3 Å². The number of rotatable bonds is 5. The lowest BCUT2D eigenvalue weighted by Gasteiger charge is -2.09. The van der Waals surface area contributed by atoms with Gasteiger partial charge in [0.25, 0.3) is 23.4 Å². The van der Waals surface area contributed by atoms with Crippen LogP contribution in [0.5, 0.6) is 0 Å². The molecule has 134 valence electrons. The summed E-state index contributed by atoms with van der Waals surface area (Å²) in [6, 6.07) is 11.3. The van der Waals surface area contributed by atoms with Crippen molar-refractivity contribution in [2.45, 2.75) is 0 Å². The van der Waals surface area contributed by atoms with Crippen LogP contribution in [0, 0.1) is 10.1 Å². The van der Waals surface area contributed by atoms with Gasteiger partial charge in [-0.15, -0.1) is 0 Å². The number of amides is 3. The number of nitro groups is 1. The van der Waals surface area contributed by atoms with Crippen molar-refractivity contribution in [1.82, 2.24) is 16.2 Å². The summed E-state index contributed by atoms with van der Waals surface area (Å²) in [4.78, 5) is 45.5. The zero-order valence-electron chi connectivity index (χ0n) is 13.2. The number of hydrogen-bond acceptors (Lipinski definition) is 5. The van der Waals surface area contributed by atoms with Crippen LogP contribution in [0.3, 0.4) is 0 Å². The Morgan fingerprint density at radius 2 is 1.73 bits per heavy atom. The number of nitrogens with zero attached hydrogens (tertiary/aromatic N) is 1. The monoisotopic (exact) mass is 376 g/mol. The van der Waals surface area contributed by atoms with Crippen molar-refractivity contribution >= 4 is 35.0 Å². The maximum atomic E-state index is 11.9. The van der Waals surface area contributed by atoms with E-state index in [-0.39, 0.29) is 21.8 Å². The highest BCUT2D eigenvalue weighted by Gasteiger charge is 2.13. The summed E-state index contributed by atoms with van der Waals surface area (Å²) in [6.45, 7) is -0.440. The largest absolute Gasteiger partial charge is 0.343 e. The summed E-state index contributed by atoms with van der Waals surface area (Å²) in [7, 11) is 0. The van der Waals surface area contributed by atoms with Gasteiger partial charge in [0.2, 0.25) is 0 Å². The molecule has 0 unspecified atom stereocenters. The van der Waals surface area contributed by atoms with Crippen molar-refractivity contribution in [3.63, 3.8) is 0 Å². The highest BCUT2D eigenvalue weighted by atomic mass is 35.5. The molecule has 3 N–H and O–H groups in total. The minimum atomic E-state index is -0.691. The van der Waals surface area contributed by atoms with E-state index in [0.29, 0.717) is 0 Å². The van der Waals surface area contributed by atoms with Gasteiger partial charge >= 0.3 is 0 Å². The normalized spacial score (nSPS) is 9.88. The summed E-state index contributed by atoms with van der Waals surface area (Å²) in [6.07, 6.45) is 0. The Labute approximate surface area is 152 Å². The highest BCUT2D eigenvalue weighted by Crippen LogP contribution is 2.14. The Hall–Kier alpha value is -3.46. The smallest absolute Gasteiger partial charge is 0.271 e. The summed E-state index contributed by atoms with van der Waals surface area (Å²) in [5, 5.41) is 13.2. The zero-order valence-corrected chi connectivity index (χ0v) is 13.9. The number of carbonyl (C=O) groups excluding carboxylic acids is 3. The minimum absolute atomic E-state index is 0.0344. The van der Waals surface area contributed by atoms with Crippen molar-refractivity contribution in [3.8, 4) is 0 Å². The van der Waals surface area contributed by atoms with E-state index in [9.17, 15) is 24.5 Å². The molecule has 0 bridgehead atoms. The molecule has 0 aromatic heterocycles.